The minimum atomic E-state index is -2.23. The predicted molar refractivity (Wildman–Crippen MR) is 202 cm³/mol. The van der Waals surface area contributed by atoms with Gasteiger partial charge in [-0.2, -0.15) is 0 Å². The molecule has 17 nitrogen and oxygen atoms in total. The van der Waals surface area contributed by atoms with Gasteiger partial charge in [0.2, 0.25) is 12.0 Å². The number of ketones is 1. The normalized spacial score (nSPS) is 28.8. The number of nitrogens with two attached hydrogens (primary N) is 2. The number of carbonyl (C=O) groups is 3. The molecule has 0 aromatic heterocycles. The van der Waals surface area contributed by atoms with Crippen molar-refractivity contribution < 1.29 is 68.0 Å². The molecule has 5 heterocycles. The minimum Gasteiger partial charge on any atom is -0.493 e. The highest BCUT2D eigenvalue weighted by atomic mass is 16.7. The van der Waals surface area contributed by atoms with E-state index in [1.165, 1.54) is 0 Å². The van der Waals surface area contributed by atoms with Gasteiger partial charge in [-0.15, -0.1) is 0 Å². The highest BCUT2D eigenvalue weighted by Gasteiger charge is 2.61. The summed E-state index contributed by atoms with van der Waals surface area (Å²) in [5, 5.41) is 46.1. The molecule has 1 saturated heterocycles. The molecule has 1 spiro atoms. The van der Waals surface area contributed by atoms with E-state index in [4.69, 9.17) is 54.7 Å². The van der Waals surface area contributed by atoms with E-state index in [2.05, 4.69) is 0 Å². The number of aliphatic hydroxyl groups is 3. The number of aliphatic hydroxyl groups excluding tert-OH is 2. The Kier molecular flexibility index (Phi) is 9.60. The van der Waals surface area contributed by atoms with Gasteiger partial charge in [-0.1, -0.05) is 24.3 Å². The van der Waals surface area contributed by atoms with Crippen LogP contribution in [0.25, 0.3) is 5.57 Å². The summed E-state index contributed by atoms with van der Waals surface area (Å²) in [6.07, 6.45) is -10.7. The summed E-state index contributed by atoms with van der Waals surface area (Å²) >= 11 is 0. The molecule has 0 unspecified atom stereocenters. The number of nitrogens with zero attached hydrogens (tertiary/aromatic N) is 1. The molecule has 3 aromatic carbocycles. The first-order valence-corrected chi connectivity index (χ1v) is 19.6. The zero-order valence-corrected chi connectivity index (χ0v) is 32.3. The Morgan fingerprint density at radius 1 is 1.00 bits per heavy atom. The van der Waals surface area contributed by atoms with Crippen molar-refractivity contribution in [3.05, 3.63) is 75.3 Å². The standard InChI is InChI=1S/C42H45N3O14/c1-53-24-8-7-21-31-35(57-33(21)34(24)54-2)30-26(59-41(31)12-9-18(46)10-13-41)15-25-20(29(30)22-17-45-23-6-4-3-5-19(22)23)11-14-42(52)38(51)32(50)36(58-40(42)55-25)37(39(43)44)56-28(49)16-27(47)48/h3-8,15,31-32,35-40,50-52H,9-14,16-17,43-44H2,1-2H3,(H,47,48)/t31-,32+,35-,36-,37-,38-,40+,42+/m0/s1. The number of hydrogen-bond donors (Lipinski definition) is 6. The third kappa shape index (κ3) is 6.13. The van der Waals surface area contributed by atoms with Crippen molar-refractivity contribution in [1.29, 1.82) is 0 Å². The summed E-state index contributed by atoms with van der Waals surface area (Å²) in [6, 6.07) is 13.2. The number of methoxy groups -OCH3 is 2. The number of aliphatic carboxylic acids is 1. The van der Waals surface area contributed by atoms with Gasteiger partial charge in [-0.25, -0.2) is 0 Å². The summed E-state index contributed by atoms with van der Waals surface area (Å²) < 4.78 is 43.8. The lowest BCUT2D eigenvalue weighted by Crippen LogP contribution is -2.71. The molecule has 9 rings (SSSR count). The van der Waals surface area contributed by atoms with Gasteiger partial charge in [0.05, 0.1) is 38.2 Å². The molecular weight excluding hydrogens is 770 g/mol. The van der Waals surface area contributed by atoms with Crippen LogP contribution >= 0.6 is 0 Å². The third-order valence-corrected chi connectivity index (χ3v) is 12.7. The Hall–Kier alpha value is -5.30. The maximum atomic E-state index is 12.8. The van der Waals surface area contributed by atoms with Crippen LogP contribution < -0.4 is 45.7 Å². The number of carboxylic acid groups (broad SMARTS) is 1. The average Bonchev–Trinajstić information content (AvgIpc) is 3.79. The highest BCUT2D eigenvalue weighted by Crippen LogP contribution is 2.65. The summed E-state index contributed by atoms with van der Waals surface area (Å²) in [5.74, 6) is -0.892. The van der Waals surface area contributed by atoms with Crippen LogP contribution in [0.2, 0.25) is 0 Å². The Morgan fingerprint density at radius 3 is 2.47 bits per heavy atom. The van der Waals surface area contributed by atoms with Crippen molar-refractivity contribution in [3.63, 3.8) is 0 Å². The van der Waals surface area contributed by atoms with E-state index in [0.717, 1.165) is 21.7 Å². The molecule has 8 atom stereocenters. The van der Waals surface area contributed by atoms with Crippen molar-refractivity contribution in [1.82, 2.24) is 0 Å². The number of esters is 1. The zero-order valence-electron chi connectivity index (χ0n) is 32.3. The van der Waals surface area contributed by atoms with Gasteiger partial charge in [-0.05, 0) is 49.0 Å². The number of carboxylic acids is 1. The Bertz CT molecular complexity index is 2380. The van der Waals surface area contributed by atoms with Crippen LogP contribution in [0.15, 0.2) is 47.5 Å². The summed E-state index contributed by atoms with van der Waals surface area (Å²) in [5.41, 5.74) is 12.5. The van der Waals surface area contributed by atoms with Crippen molar-refractivity contribution in [2.75, 3.05) is 20.8 Å². The first kappa shape index (κ1) is 39.2. The van der Waals surface area contributed by atoms with E-state index in [1.807, 2.05) is 36.4 Å². The summed E-state index contributed by atoms with van der Waals surface area (Å²) in [4.78, 5) is 41.3. The fraction of sp³-hybridized carbons (Fsp3) is 0.476. The number of fused-ring (bicyclic) bond motifs is 9. The second-order valence-electron chi connectivity index (χ2n) is 16.0. The molecule has 1 saturated carbocycles. The molecule has 3 aromatic rings. The topological polar surface area (TPSA) is 261 Å². The number of para-hydroxylation sites is 1. The fourth-order valence-corrected chi connectivity index (χ4v) is 9.90. The molecule has 0 radical (unpaired) electrons. The molecular formula is C42H45N3O14. The number of carbonyl (C=O) groups excluding carboxylic acids is 2. The molecule has 5 aliphatic heterocycles. The summed E-state index contributed by atoms with van der Waals surface area (Å²) in [6.45, 7) is 0.286. The number of ether oxygens (including phenoxy) is 7. The average molecular weight is 816 g/mol. The molecule has 312 valence electrons. The predicted octanol–water partition coefficient (Wildman–Crippen LogP) is 0.160. The summed E-state index contributed by atoms with van der Waals surface area (Å²) in [7, 11) is 3.10. The van der Waals surface area contributed by atoms with Crippen LogP contribution in [0, 0.1) is 0 Å². The van der Waals surface area contributed by atoms with Crippen molar-refractivity contribution in [3.8, 4) is 28.7 Å². The van der Waals surface area contributed by atoms with Gasteiger partial charge in [0.25, 0.3) is 0 Å². The van der Waals surface area contributed by atoms with E-state index in [9.17, 15) is 29.7 Å². The second-order valence-corrected chi connectivity index (χ2v) is 16.0. The molecule has 59 heavy (non-hydrogen) atoms. The van der Waals surface area contributed by atoms with Gasteiger partial charge < -0.3 is 65.1 Å². The molecule has 8 N–H and O–H groups in total. The minimum absolute atomic E-state index is 0.100. The molecule has 0 bridgehead atoms. The first-order valence-electron chi connectivity index (χ1n) is 19.6. The van der Waals surface area contributed by atoms with E-state index < -0.39 is 72.5 Å². The molecule has 0 amide bonds. The van der Waals surface area contributed by atoms with Gasteiger partial charge in [0, 0.05) is 40.8 Å². The quantitative estimate of drug-likeness (QED) is 0.101. The van der Waals surface area contributed by atoms with Gasteiger partial charge in [0.15, 0.2) is 23.2 Å². The highest BCUT2D eigenvalue weighted by molar-refractivity contribution is 5.90. The first-order chi connectivity index (χ1) is 28.3. The van der Waals surface area contributed by atoms with Gasteiger partial charge in [0.1, 0.15) is 53.7 Å². The maximum absolute atomic E-state index is 12.8. The number of hydrogen-bond acceptors (Lipinski definition) is 16. The van der Waals surface area contributed by atoms with E-state index >= 15 is 0 Å². The molecule has 1 aliphatic carbocycles. The smallest absolute Gasteiger partial charge is 0.317 e. The monoisotopic (exact) mass is 815 g/mol. The molecule has 2 fully saturated rings. The Labute approximate surface area is 337 Å². The van der Waals surface area contributed by atoms with E-state index in [-0.39, 0.29) is 36.8 Å². The van der Waals surface area contributed by atoms with Crippen molar-refractivity contribution in [2.45, 2.75) is 105 Å². The molecule has 17 heteroatoms. The number of benzene rings is 3. The number of rotatable bonds is 8. The lowest BCUT2D eigenvalue weighted by Gasteiger charge is -2.49. The number of Topliss-reactive ketones (excluding diaryl/α,β-unsaturated/α-hetero) is 1. The van der Waals surface area contributed by atoms with Crippen LogP contribution in [0.4, 0.5) is 0 Å². The van der Waals surface area contributed by atoms with Crippen molar-refractivity contribution in [2.24, 2.45) is 16.5 Å². The zero-order chi connectivity index (χ0) is 41.5. The van der Waals surface area contributed by atoms with Gasteiger partial charge in [-0.3, -0.25) is 19.4 Å². The lowest BCUT2D eigenvalue weighted by molar-refractivity contribution is -0.329. The van der Waals surface area contributed by atoms with Crippen LogP contribution in [0.1, 0.15) is 72.8 Å². The Morgan fingerprint density at radius 2 is 1.76 bits per heavy atom. The maximum Gasteiger partial charge on any atom is 0.317 e. The fourth-order valence-electron chi connectivity index (χ4n) is 9.90. The SMILES string of the molecule is COc1ccc2c(c1OC)O[C@H]1c3c(cc4c(c3C3=c5ccccc5=NC3)CC[C@]3(O)[C@H](O4)O[C@H]([C@H](OC(=O)CC(=O)O)C(N)N)[C@@H](O)[C@@H]3O)OC3(CCC(=O)CC3)[C@@H]21. The Balaban J connectivity index is 1.22. The van der Waals surface area contributed by atoms with Crippen LogP contribution in [0.5, 0.6) is 28.7 Å². The van der Waals surface area contributed by atoms with Crippen LogP contribution in [-0.2, 0) is 30.3 Å². The van der Waals surface area contributed by atoms with E-state index in [1.54, 1.807) is 20.3 Å². The largest absolute Gasteiger partial charge is 0.493 e. The van der Waals surface area contributed by atoms with Crippen LogP contribution in [0.3, 0.4) is 0 Å². The van der Waals surface area contributed by atoms with Gasteiger partial charge >= 0.3 is 11.9 Å². The third-order valence-electron chi connectivity index (χ3n) is 12.7. The van der Waals surface area contributed by atoms with Crippen LogP contribution in [-0.4, -0.2) is 107 Å². The lowest BCUT2D eigenvalue weighted by atomic mass is 9.67. The van der Waals surface area contributed by atoms with Crippen molar-refractivity contribution >= 4 is 23.3 Å². The second kappa shape index (κ2) is 14.5. The van der Waals surface area contributed by atoms with E-state index in [0.29, 0.717) is 65.4 Å². The molecule has 6 aliphatic rings.